The molecule has 0 bridgehead atoms. The summed E-state index contributed by atoms with van der Waals surface area (Å²) >= 11 is 0. The molecule has 5 rings (SSSR count). The van der Waals surface area contributed by atoms with Gasteiger partial charge in [0.15, 0.2) is 11.4 Å². The van der Waals surface area contributed by atoms with Crippen LogP contribution in [0.3, 0.4) is 0 Å². The minimum Gasteiger partial charge on any atom is -0.381 e. The van der Waals surface area contributed by atoms with Crippen molar-refractivity contribution in [3.63, 3.8) is 0 Å². The maximum atomic E-state index is 13.0. The number of methoxy groups -OCH3 is 1. The molecule has 2 aromatic heterocycles. The molecule has 1 N–H and O–H groups in total. The number of fused-ring (bicyclic) bond motifs is 1. The Morgan fingerprint density at radius 2 is 1.82 bits per heavy atom. The quantitative estimate of drug-likeness (QED) is 0.474. The Bertz CT molecular complexity index is 1430. The Balaban J connectivity index is 1.65. The van der Waals surface area contributed by atoms with Gasteiger partial charge >= 0.3 is 6.18 Å². The predicted octanol–water partition coefficient (Wildman–Crippen LogP) is 3.93. The Labute approximate surface area is 218 Å². The number of carbonyl (C=O) groups excluding carboxylic acids is 1. The monoisotopic (exact) mass is 551 g/mol. The molecule has 1 amide bonds. The maximum absolute atomic E-state index is 13.0. The van der Waals surface area contributed by atoms with Crippen molar-refractivity contribution in [2.24, 2.45) is 0 Å². The molecular weight excluding hydrogens is 523 g/mol. The molecule has 13 heteroatoms. The summed E-state index contributed by atoms with van der Waals surface area (Å²) in [6.07, 6.45) is -0.417. The van der Waals surface area contributed by atoms with Crippen molar-refractivity contribution in [2.75, 3.05) is 30.9 Å². The second kappa shape index (κ2) is 10.2. The zero-order chi connectivity index (χ0) is 27.1. The lowest BCUT2D eigenvalue weighted by molar-refractivity contribution is -0.106. The summed E-state index contributed by atoms with van der Waals surface area (Å²) in [6, 6.07) is 10.7. The summed E-state index contributed by atoms with van der Waals surface area (Å²) in [6.45, 7) is 1.23. The van der Waals surface area contributed by atoms with E-state index in [1.54, 1.807) is 11.8 Å². The van der Waals surface area contributed by atoms with Gasteiger partial charge < -0.3 is 9.64 Å². The number of benzene rings is 1. The van der Waals surface area contributed by atoms with Gasteiger partial charge in [0.05, 0.1) is 28.6 Å². The third-order valence-corrected chi connectivity index (χ3v) is 8.29. The molecule has 1 saturated carbocycles. The maximum Gasteiger partial charge on any atom is 0.404 e. The molecule has 204 valence electrons. The Hall–Kier alpha value is -3.19. The predicted molar refractivity (Wildman–Crippen MR) is 135 cm³/mol. The standard InChI is InChI=1S/C25H28F3N5O4S/c1-37-18-10-12-32(13-11-18)20-14-19(24(34)31-38(35,36)15-25(26,27)28)29-23-21(20)22(16-6-5-7-16)30-33(23)17-8-3-2-4-9-17/h2-4,8-9,14,16,18H,5-7,10-13,15H2,1H3,(H,31,34). The van der Waals surface area contributed by atoms with Crippen molar-refractivity contribution in [2.45, 2.75) is 50.3 Å². The molecule has 1 aromatic carbocycles. The number of carbonyl (C=O) groups is 1. The van der Waals surface area contributed by atoms with E-state index in [1.807, 2.05) is 30.3 Å². The van der Waals surface area contributed by atoms with Crippen LogP contribution in [0.4, 0.5) is 18.9 Å². The molecule has 0 unspecified atom stereocenters. The number of anilines is 1. The van der Waals surface area contributed by atoms with Crippen LogP contribution < -0.4 is 9.62 Å². The molecule has 1 aliphatic carbocycles. The molecule has 0 radical (unpaired) electrons. The van der Waals surface area contributed by atoms with Crippen molar-refractivity contribution in [1.82, 2.24) is 19.5 Å². The number of ether oxygens (including phenoxy) is 1. The second-order valence-electron chi connectivity index (χ2n) is 9.71. The number of rotatable bonds is 7. The van der Waals surface area contributed by atoms with Gasteiger partial charge in [-0.1, -0.05) is 24.6 Å². The zero-order valence-electron chi connectivity index (χ0n) is 20.7. The highest BCUT2D eigenvalue weighted by Crippen LogP contribution is 2.43. The lowest BCUT2D eigenvalue weighted by atomic mass is 9.82. The number of para-hydroxylation sites is 1. The largest absolute Gasteiger partial charge is 0.404 e. The molecule has 1 saturated heterocycles. The molecule has 2 aliphatic rings. The number of aromatic nitrogens is 3. The first-order valence-electron chi connectivity index (χ1n) is 12.4. The van der Waals surface area contributed by atoms with E-state index in [9.17, 15) is 26.4 Å². The number of pyridine rings is 1. The van der Waals surface area contributed by atoms with E-state index in [1.165, 1.54) is 10.8 Å². The molecule has 0 atom stereocenters. The molecule has 38 heavy (non-hydrogen) atoms. The molecule has 1 aliphatic heterocycles. The van der Waals surface area contributed by atoms with Gasteiger partial charge in [-0.2, -0.15) is 18.3 Å². The highest BCUT2D eigenvalue weighted by molar-refractivity contribution is 7.90. The van der Waals surface area contributed by atoms with Crippen molar-refractivity contribution >= 4 is 32.7 Å². The number of piperidine rings is 1. The lowest BCUT2D eigenvalue weighted by Gasteiger charge is -2.34. The lowest BCUT2D eigenvalue weighted by Crippen LogP contribution is -2.38. The fourth-order valence-electron chi connectivity index (χ4n) is 4.98. The number of hydrogen-bond donors (Lipinski definition) is 1. The first kappa shape index (κ1) is 26.4. The fraction of sp³-hybridized carbons (Fsp3) is 0.480. The summed E-state index contributed by atoms with van der Waals surface area (Å²) in [5.41, 5.74) is 2.25. The van der Waals surface area contributed by atoms with Gasteiger partial charge in [0.2, 0.25) is 10.0 Å². The number of halogens is 3. The van der Waals surface area contributed by atoms with Crippen molar-refractivity contribution in [1.29, 1.82) is 0 Å². The topological polar surface area (TPSA) is 106 Å². The van der Waals surface area contributed by atoms with Crippen LogP contribution in [0.25, 0.3) is 16.7 Å². The van der Waals surface area contributed by atoms with Gasteiger partial charge in [-0.15, -0.1) is 0 Å². The van der Waals surface area contributed by atoms with Crippen molar-refractivity contribution < 1.29 is 31.1 Å². The highest BCUT2D eigenvalue weighted by Gasteiger charge is 2.37. The Morgan fingerprint density at radius 3 is 2.39 bits per heavy atom. The van der Waals surface area contributed by atoms with Gasteiger partial charge in [0.1, 0.15) is 5.69 Å². The number of hydrogen-bond acceptors (Lipinski definition) is 7. The van der Waals surface area contributed by atoms with Gasteiger partial charge in [-0.05, 0) is 43.9 Å². The van der Waals surface area contributed by atoms with Crippen LogP contribution in [0.2, 0.25) is 0 Å². The summed E-state index contributed by atoms with van der Waals surface area (Å²) in [5, 5.41) is 5.66. The number of alkyl halides is 3. The van der Waals surface area contributed by atoms with Crippen molar-refractivity contribution in [3.05, 3.63) is 47.8 Å². The van der Waals surface area contributed by atoms with Crippen LogP contribution in [0.15, 0.2) is 36.4 Å². The molecule has 3 aromatic rings. The summed E-state index contributed by atoms with van der Waals surface area (Å²) in [5.74, 6) is -3.18. The van der Waals surface area contributed by atoms with Crippen LogP contribution in [-0.4, -0.2) is 67.3 Å². The fourth-order valence-corrected chi connectivity index (χ4v) is 5.87. The third-order valence-electron chi connectivity index (χ3n) is 7.09. The SMILES string of the molecule is COC1CCN(c2cc(C(=O)NS(=O)(=O)CC(F)(F)F)nc3c2c(C2CCC2)nn3-c2ccccc2)CC1. The second-order valence-corrected chi connectivity index (χ2v) is 11.4. The molecule has 3 heterocycles. The third kappa shape index (κ3) is 5.48. The van der Waals surface area contributed by atoms with E-state index >= 15 is 0 Å². The van der Waals surface area contributed by atoms with Gasteiger partial charge in [0, 0.05) is 26.1 Å². The summed E-state index contributed by atoms with van der Waals surface area (Å²) in [7, 11) is -3.31. The molecular formula is C25H28F3N5O4S. The zero-order valence-corrected chi connectivity index (χ0v) is 21.6. The summed E-state index contributed by atoms with van der Waals surface area (Å²) < 4.78 is 71.0. The Kier molecular flexibility index (Phi) is 7.07. The van der Waals surface area contributed by atoms with E-state index in [-0.39, 0.29) is 17.7 Å². The van der Waals surface area contributed by atoms with Gasteiger partial charge in [0.25, 0.3) is 5.91 Å². The number of amides is 1. The first-order valence-corrected chi connectivity index (χ1v) is 14.1. The number of nitrogens with zero attached hydrogens (tertiary/aromatic N) is 4. The van der Waals surface area contributed by atoms with Gasteiger partial charge in [-0.25, -0.2) is 22.8 Å². The van der Waals surface area contributed by atoms with Crippen molar-refractivity contribution in [3.8, 4) is 5.69 Å². The average molecular weight is 552 g/mol. The van der Waals surface area contributed by atoms with E-state index in [2.05, 4.69) is 9.88 Å². The van der Waals surface area contributed by atoms with Crippen LogP contribution in [0.5, 0.6) is 0 Å². The van der Waals surface area contributed by atoms with E-state index in [4.69, 9.17) is 9.84 Å². The number of nitrogens with one attached hydrogen (secondary N) is 1. The minimum atomic E-state index is -5.00. The average Bonchev–Trinajstić information content (AvgIpc) is 3.20. The van der Waals surface area contributed by atoms with E-state index in [0.29, 0.717) is 30.1 Å². The van der Waals surface area contributed by atoms with Crippen LogP contribution >= 0.6 is 0 Å². The van der Waals surface area contributed by atoms with Gasteiger partial charge in [-0.3, -0.25) is 4.79 Å². The minimum absolute atomic E-state index is 0.0944. The van der Waals surface area contributed by atoms with Crippen LogP contribution in [0, 0.1) is 0 Å². The smallest absolute Gasteiger partial charge is 0.381 e. The number of sulfonamides is 1. The molecule has 0 spiro atoms. The van der Waals surface area contributed by atoms with E-state index in [0.717, 1.165) is 43.2 Å². The molecule has 9 nitrogen and oxygen atoms in total. The highest BCUT2D eigenvalue weighted by atomic mass is 32.2. The van der Waals surface area contributed by atoms with Crippen LogP contribution in [0.1, 0.15) is 54.2 Å². The Morgan fingerprint density at radius 1 is 1.13 bits per heavy atom. The normalized spacial score (nSPS) is 17.5. The van der Waals surface area contributed by atoms with Crippen LogP contribution in [-0.2, 0) is 14.8 Å². The first-order chi connectivity index (χ1) is 18.0. The van der Waals surface area contributed by atoms with E-state index < -0.39 is 27.9 Å². The molecule has 2 fully saturated rings. The summed E-state index contributed by atoms with van der Waals surface area (Å²) in [4.78, 5) is 19.5.